The van der Waals surface area contributed by atoms with Gasteiger partial charge in [-0.05, 0) is 54.1 Å². The Morgan fingerprint density at radius 2 is 2.00 bits per heavy atom. The fraction of sp³-hybridized carbons (Fsp3) is 0.0435. The van der Waals surface area contributed by atoms with Crippen LogP contribution >= 0.6 is 11.6 Å². The topological polar surface area (TPSA) is 74.7 Å². The average Bonchev–Trinajstić information content (AvgIpc) is 3.41. The Bertz CT molecular complexity index is 1460. The van der Waals surface area contributed by atoms with Crippen molar-refractivity contribution in [3.63, 3.8) is 0 Å². The number of rotatable bonds is 4. The van der Waals surface area contributed by atoms with E-state index in [1.165, 1.54) is 18.2 Å². The second-order valence-corrected chi connectivity index (χ2v) is 7.37. The molecule has 0 bridgehead atoms. The molecule has 1 atom stereocenters. The fourth-order valence-corrected chi connectivity index (χ4v) is 3.69. The number of aromatic amines is 1. The van der Waals surface area contributed by atoms with Crippen LogP contribution in [0.4, 0.5) is 20.6 Å². The summed E-state index contributed by atoms with van der Waals surface area (Å²) in [4.78, 5) is 19.9. The largest absolute Gasteiger partial charge is 0.346 e. The number of aromatic nitrogens is 3. The number of nitrogens with zero attached hydrogens (tertiary/aromatic N) is 2. The lowest BCUT2D eigenvalue weighted by molar-refractivity contribution is 0.262. The molecular weight excluding hydrogens is 417 g/mol. The van der Waals surface area contributed by atoms with Crippen LogP contribution in [0, 0.1) is 5.82 Å². The van der Waals surface area contributed by atoms with Crippen LogP contribution in [-0.4, -0.2) is 20.6 Å². The van der Waals surface area contributed by atoms with Gasteiger partial charge in [-0.1, -0.05) is 17.7 Å². The van der Waals surface area contributed by atoms with Crippen LogP contribution < -0.4 is 10.6 Å². The van der Waals surface area contributed by atoms with Gasteiger partial charge in [-0.25, -0.2) is 14.2 Å². The third kappa shape index (κ3) is 3.71. The van der Waals surface area contributed by atoms with E-state index in [2.05, 4.69) is 20.6 Å². The maximum atomic E-state index is 13.9. The molecule has 2 amide bonds. The summed E-state index contributed by atoms with van der Waals surface area (Å²) in [5, 5.41) is 7.17. The predicted octanol–water partition coefficient (Wildman–Crippen LogP) is 6.00. The van der Waals surface area contributed by atoms with Crippen molar-refractivity contribution in [3.8, 4) is 0 Å². The summed E-state index contributed by atoms with van der Waals surface area (Å²) in [6.07, 6.45) is 5.29. The normalized spacial score (nSPS) is 12.6. The van der Waals surface area contributed by atoms with Crippen molar-refractivity contribution < 1.29 is 10.6 Å². The Kier molecular flexibility index (Phi) is 4.51. The zero-order valence-electron chi connectivity index (χ0n) is 17.1. The third-order valence-electron chi connectivity index (χ3n) is 4.95. The van der Waals surface area contributed by atoms with Crippen LogP contribution in [0.1, 0.15) is 6.93 Å². The van der Waals surface area contributed by atoms with Crippen LogP contribution in [0.5, 0.6) is 0 Å². The standard InChI is InChI=1S/C23H17ClFN5O/c24-15-6-7-18(25)20(11-15)29-23(31)28-19-4-1-5-21-17(19)8-10-30(21)13-14-12-27-22-16(14)3-2-9-26-22/h1-12H,13H2,(H,26,27)(H2,28,29,31)/i13D. The van der Waals surface area contributed by atoms with Gasteiger partial charge in [0.2, 0.25) is 0 Å². The quantitative estimate of drug-likeness (QED) is 0.324. The summed E-state index contributed by atoms with van der Waals surface area (Å²) in [5.74, 6) is -0.584. The third-order valence-corrected chi connectivity index (χ3v) is 5.18. The monoisotopic (exact) mass is 434 g/mol. The van der Waals surface area contributed by atoms with E-state index in [0.29, 0.717) is 10.7 Å². The van der Waals surface area contributed by atoms with E-state index in [-0.39, 0.29) is 5.69 Å². The molecule has 8 heteroatoms. The molecule has 154 valence electrons. The van der Waals surface area contributed by atoms with E-state index in [1.54, 1.807) is 30.7 Å². The van der Waals surface area contributed by atoms with Gasteiger partial charge in [0.1, 0.15) is 11.5 Å². The number of carbonyl (C=O) groups is 1. The number of hydrogen-bond acceptors (Lipinski definition) is 2. The van der Waals surface area contributed by atoms with Gasteiger partial charge in [-0.3, -0.25) is 0 Å². The average molecular weight is 435 g/mol. The Labute approximate surface area is 183 Å². The number of nitrogens with one attached hydrogen (secondary N) is 3. The molecule has 5 aromatic rings. The smallest absolute Gasteiger partial charge is 0.323 e. The van der Waals surface area contributed by atoms with E-state index in [1.807, 2.05) is 28.8 Å². The summed E-state index contributed by atoms with van der Waals surface area (Å²) in [5.41, 5.74) is 2.81. The number of halogens is 2. The van der Waals surface area contributed by atoms with Crippen molar-refractivity contribution in [1.82, 2.24) is 14.5 Å². The predicted molar refractivity (Wildman–Crippen MR) is 121 cm³/mol. The second-order valence-electron chi connectivity index (χ2n) is 6.94. The lowest BCUT2D eigenvalue weighted by Crippen LogP contribution is -2.20. The van der Waals surface area contributed by atoms with Crippen molar-refractivity contribution in [1.29, 1.82) is 0 Å². The van der Waals surface area contributed by atoms with E-state index in [0.717, 1.165) is 27.5 Å². The first-order valence-corrected chi connectivity index (χ1v) is 9.86. The van der Waals surface area contributed by atoms with Crippen molar-refractivity contribution in [2.45, 2.75) is 6.52 Å². The number of urea groups is 1. The zero-order valence-corrected chi connectivity index (χ0v) is 16.8. The zero-order chi connectivity index (χ0) is 22.2. The lowest BCUT2D eigenvalue weighted by atomic mass is 10.2. The molecular formula is C23H17ClFN5O. The summed E-state index contributed by atoms with van der Waals surface area (Å²) < 4.78 is 24.6. The highest BCUT2D eigenvalue weighted by Gasteiger charge is 2.12. The van der Waals surface area contributed by atoms with Crippen LogP contribution in [0.25, 0.3) is 21.9 Å². The van der Waals surface area contributed by atoms with E-state index >= 15 is 0 Å². The van der Waals surface area contributed by atoms with Crippen molar-refractivity contribution >= 4 is 50.9 Å². The molecule has 0 saturated carbocycles. The maximum Gasteiger partial charge on any atom is 0.323 e. The van der Waals surface area contributed by atoms with Gasteiger partial charge < -0.3 is 20.2 Å². The molecule has 3 heterocycles. The second kappa shape index (κ2) is 7.77. The number of H-pyrrole nitrogens is 1. The summed E-state index contributed by atoms with van der Waals surface area (Å²) in [7, 11) is 0. The van der Waals surface area contributed by atoms with Gasteiger partial charge in [-0.2, -0.15) is 0 Å². The Balaban J connectivity index is 1.44. The minimum atomic E-state index is -0.713. The molecule has 0 saturated heterocycles. The van der Waals surface area contributed by atoms with Gasteiger partial charge in [0.05, 0.1) is 18.3 Å². The van der Waals surface area contributed by atoms with E-state index in [4.69, 9.17) is 13.0 Å². The van der Waals surface area contributed by atoms with Crippen LogP contribution in [0.15, 0.2) is 73.2 Å². The van der Waals surface area contributed by atoms with Crippen molar-refractivity contribution in [2.75, 3.05) is 10.6 Å². The van der Waals surface area contributed by atoms with Crippen LogP contribution in [0.3, 0.4) is 0 Å². The minimum Gasteiger partial charge on any atom is -0.346 e. The van der Waals surface area contributed by atoms with Crippen LogP contribution in [-0.2, 0) is 6.52 Å². The molecule has 5 rings (SSSR count). The van der Waals surface area contributed by atoms with E-state index < -0.39 is 18.4 Å². The molecule has 0 radical (unpaired) electrons. The molecule has 0 aliphatic rings. The highest BCUT2D eigenvalue weighted by molar-refractivity contribution is 6.31. The fourth-order valence-electron chi connectivity index (χ4n) is 3.51. The Hall–Kier alpha value is -3.84. The number of fused-ring (bicyclic) bond motifs is 2. The summed E-state index contributed by atoms with van der Waals surface area (Å²) in [6, 6.07) is 14.3. The number of anilines is 2. The van der Waals surface area contributed by atoms with Crippen LogP contribution in [0.2, 0.25) is 5.02 Å². The number of amides is 2. The Morgan fingerprint density at radius 3 is 2.90 bits per heavy atom. The molecule has 3 N–H and O–H groups in total. The van der Waals surface area contributed by atoms with Gasteiger partial charge in [0.15, 0.2) is 0 Å². The number of pyridine rings is 1. The molecule has 0 aliphatic carbocycles. The Morgan fingerprint density at radius 1 is 1.13 bits per heavy atom. The number of hydrogen-bond donors (Lipinski definition) is 3. The highest BCUT2D eigenvalue weighted by Crippen LogP contribution is 2.27. The molecule has 1 unspecified atom stereocenters. The van der Waals surface area contributed by atoms with Crippen molar-refractivity contribution in [2.24, 2.45) is 0 Å². The van der Waals surface area contributed by atoms with E-state index in [9.17, 15) is 9.18 Å². The van der Waals surface area contributed by atoms with Gasteiger partial charge in [-0.15, -0.1) is 0 Å². The van der Waals surface area contributed by atoms with Gasteiger partial charge in [0, 0.05) is 40.9 Å². The minimum absolute atomic E-state index is 0.0149. The lowest BCUT2D eigenvalue weighted by Gasteiger charge is -2.10. The molecule has 3 aromatic heterocycles. The number of carbonyl (C=O) groups excluding carboxylic acids is 1. The molecule has 0 spiro atoms. The molecule has 31 heavy (non-hydrogen) atoms. The highest BCUT2D eigenvalue weighted by atomic mass is 35.5. The first kappa shape index (κ1) is 18.0. The molecule has 2 aromatic carbocycles. The molecule has 0 fully saturated rings. The first-order chi connectivity index (χ1) is 15.5. The van der Waals surface area contributed by atoms with Gasteiger partial charge in [0.25, 0.3) is 0 Å². The molecule has 0 aliphatic heterocycles. The summed E-state index contributed by atoms with van der Waals surface area (Å²) >= 11 is 5.88. The SMILES string of the molecule is [2H]C(c1c[nH]c2ncccc12)n1ccc2c(NC(=O)Nc3cc(Cl)ccc3F)cccc21. The first-order valence-electron chi connectivity index (χ1n) is 10.1. The van der Waals surface area contributed by atoms with Crippen molar-refractivity contribution in [3.05, 3.63) is 89.6 Å². The number of benzene rings is 2. The maximum absolute atomic E-state index is 13.9. The van der Waals surface area contributed by atoms with Gasteiger partial charge >= 0.3 is 6.03 Å². The molecule has 6 nitrogen and oxygen atoms in total. The summed E-state index contributed by atoms with van der Waals surface area (Å²) in [6.45, 7) is -0.713.